The van der Waals surface area contributed by atoms with Crippen molar-refractivity contribution in [3.63, 3.8) is 0 Å². The van der Waals surface area contributed by atoms with E-state index >= 15 is 0 Å². The molecule has 0 fully saturated rings. The maximum absolute atomic E-state index is 11.5. The van der Waals surface area contributed by atoms with E-state index in [-0.39, 0.29) is 17.9 Å². The number of nitrogens with two attached hydrogens (primary N) is 1. The van der Waals surface area contributed by atoms with Crippen molar-refractivity contribution in [3.05, 3.63) is 0 Å². The second-order valence-corrected chi connectivity index (χ2v) is 4.01. The Labute approximate surface area is 86.8 Å². The molecule has 0 radical (unpaired) electrons. The Morgan fingerprint density at radius 3 is 2.50 bits per heavy atom. The SMILES string of the molecule is CC[C@H](C)[C@H](N)C(=O)NCCN(C)C. The molecule has 2 atom stereocenters. The number of carbonyl (C=O) groups is 1. The average molecular weight is 201 g/mol. The van der Waals surface area contributed by atoms with Crippen LogP contribution in [-0.2, 0) is 4.79 Å². The minimum atomic E-state index is -0.373. The Kier molecular flexibility index (Phi) is 6.49. The zero-order chi connectivity index (χ0) is 11.1. The molecule has 0 rings (SSSR count). The molecule has 0 heterocycles. The number of hydrogen-bond donors (Lipinski definition) is 2. The molecule has 1 amide bonds. The van der Waals surface area contributed by atoms with E-state index in [9.17, 15) is 4.79 Å². The predicted octanol–water partition coefficient (Wildman–Crippen LogP) is 0.0376. The Morgan fingerprint density at radius 1 is 1.50 bits per heavy atom. The van der Waals surface area contributed by atoms with Crippen LogP contribution in [0.1, 0.15) is 20.3 Å². The second-order valence-electron chi connectivity index (χ2n) is 4.01. The molecule has 0 saturated heterocycles. The van der Waals surface area contributed by atoms with Crippen LogP contribution >= 0.6 is 0 Å². The lowest BCUT2D eigenvalue weighted by Crippen LogP contribution is -2.46. The van der Waals surface area contributed by atoms with E-state index < -0.39 is 0 Å². The Bertz CT molecular complexity index is 171. The first-order valence-electron chi connectivity index (χ1n) is 5.17. The summed E-state index contributed by atoms with van der Waals surface area (Å²) in [5.74, 6) is 0.204. The van der Waals surface area contributed by atoms with E-state index in [1.54, 1.807) is 0 Å². The quantitative estimate of drug-likeness (QED) is 0.638. The first kappa shape index (κ1) is 13.4. The molecule has 3 N–H and O–H groups in total. The monoisotopic (exact) mass is 201 g/mol. The molecule has 4 heteroatoms. The molecule has 14 heavy (non-hydrogen) atoms. The highest BCUT2D eigenvalue weighted by Gasteiger charge is 2.18. The standard InChI is InChI=1S/C10H23N3O/c1-5-8(2)9(11)10(14)12-6-7-13(3)4/h8-9H,5-7,11H2,1-4H3,(H,12,14)/t8-,9-/m0/s1. The van der Waals surface area contributed by atoms with Gasteiger partial charge in [-0.25, -0.2) is 0 Å². The van der Waals surface area contributed by atoms with Crippen LogP contribution in [0.25, 0.3) is 0 Å². The highest BCUT2D eigenvalue weighted by molar-refractivity contribution is 5.81. The van der Waals surface area contributed by atoms with Crippen molar-refractivity contribution < 1.29 is 4.79 Å². The molecular weight excluding hydrogens is 178 g/mol. The molecule has 0 aromatic carbocycles. The summed E-state index contributed by atoms with van der Waals surface area (Å²) in [7, 11) is 3.95. The van der Waals surface area contributed by atoms with Crippen LogP contribution in [0.15, 0.2) is 0 Å². The van der Waals surface area contributed by atoms with Crippen LogP contribution in [0.4, 0.5) is 0 Å². The molecule has 0 spiro atoms. The van der Waals surface area contributed by atoms with Gasteiger partial charge in [-0.15, -0.1) is 0 Å². The van der Waals surface area contributed by atoms with Gasteiger partial charge in [0, 0.05) is 13.1 Å². The third kappa shape index (κ3) is 5.19. The van der Waals surface area contributed by atoms with E-state index in [0.29, 0.717) is 6.54 Å². The lowest BCUT2D eigenvalue weighted by molar-refractivity contribution is -0.123. The van der Waals surface area contributed by atoms with Crippen molar-refractivity contribution >= 4 is 5.91 Å². The van der Waals surface area contributed by atoms with E-state index in [2.05, 4.69) is 5.32 Å². The summed E-state index contributed by atoms with van der Waals surface area (Å²) in [6, 6.07) is -0.373. The lowest BCUT2D eigenvalue weighted by atomic mass is 9.99. The molecule has 0 unspecified atom stereocenters. The van der Waals surface area contributed by atoms with Crippen LogP contribution in [0, 0.1) is 5.92 Å². The minimum Gasteiger partial charge on any atom is -0.353 e. The van der Waals surface area contributed by atoms with Crippen LogP contribution < -0.4 is 11.1 Å². The van der Waals surface area contributed by atoms with Crippen LogP contribution in [0.5, 0.6) is 0 Å². The average Bonchev–Trinajstić information content (AvgIpc) is 2.14. The molecule has 0 aliphatic heterocycles. The first-order chi connectivity index (χ1) is 6.49. The molecule has 0 saturated carbocycles. The topological polar surface area (TPSA) is 58.4 Å². The molecule has 84 valence electrons. The van der Waals surface area contributed by atoms with Gasteiger partial charge in [0.1, 0.15) is 0 Å². The Morgan fingerprint density at radius 2 is 2.07 bits per heavy atom. The van der Waals surface area contributed by atoms with Crippen LogP contribution in [0.2, 0.25) is 0 Å². The van der Waals surface area contributed by atoms with Gasteiger partial charge in [-0.1, -0.05) is 20.3 Å². The van der Waals surface area contributed by atoms with Gasteiger partial charge in [0.15, 0.2) is 0 Å². The molecule has 4 nitrogen and oxygen atoms in total. The van der Waals surface area contributed by atoms with E-state index in [1.165, 1.54) is 0 Å². The summed E-state index contributed by atoms with van der Waals surface area (Å²) in [5.41, 5.74) is 5.76. The minimum absolute atomic E-state index is 0.0406. The summed E-state index contributed by atoms with van der Waals surface area (Å²) < 4.78 is 0. The van der Waals surface area contributed by atoms with Gasteiger partial charge in [-0.05, 0) is 20.0 Å². The maximum Gasteiger partial charge on any atom is 0.237 e. The van der Waals surface area contributed by atoms with Gasteiger partial charge < -0.3 is 16.0 Å². The van der Waals surface area contributed by atoms with Gasteiger partial charge in [0.2, 0.25) is 5.91 Å². The summed E-state index contributed by atoms with van der Waals surface area (Å²) in [6.45, 7) is 5.54. The Balaban J connectivity index is 3.73. The second kappa shape index (κ2) is 6.79. The van der Waals surface area contributed by atoms with Crippen molar-refractivity contribution in [1.82, 2.24) is 10.2 Å². The fourth-order valence-corrected chi connectivity index (χ4v) is 1.03. The largest absolute Gasteiger partial charge is 0.353 e. The van der Waals surface area contributed by atoms with E-state index in [0.717, 1.165) is 13.0 Å². The van der Waals surface area contributed by atoms with Crippen molar-refractivity contribution in [2.45, 2.75) is 26.3 Å². The first-order valence-corrected chi connectivity index (χ1v) is 5.17. The Hall–Kier alpha value is -0.610. The van der Waals surface area contributed by atoms with E-state index in [1.807, 2.05) is 32.8 Å². The normalized spacial score (nSPS) is 15.3. The summed E-state index contributed by atoms with van der Waals surface area (Å²) in [5, 5.41) is 2.82. The van der Waals surface area contributed by atoms with Gasteiger partial charge in [0.05, 0.1) is 6.04 Å². The number of likely N-dealkylation sites (N-methyl/N-ethyl adjacent to an activating group) is 1. The van der Waals surface area contributed by atoms with Crippen molar-refractivity contribution in [3.8, 4) is 0 Å². The summed E-state index contributed by atoms with van der Waals surface area (Å²) >= 11 is 0. The fourth-order valence-electron chi connectivity index (χ4n) is 1.03. The number of rotatable bonds is 6. The van der Waals surface area contributed by atoms with Crippen LogP contribution in [-0.4, -0.2) is 44.0 Å². The lowest BCUT2D eigenvalue weighted by Gasteiger charge is -2.18. The maximum atomic E-state index is 11.5. The molecule has 0 aromatic rings. The third-order valence-electron chi connectivity index (χ3n) is 2.42. The third-order valence-corrected chi connectivity index (χ3v) is 2.42. The molecule has 0 aliphatic carbocycles. The zero-order valence-corrected chi connectivity index (χ0v) is 9.71. The van der Waals surface area contributed by atoms with Gasteiger partial charge >= 0.3 is 0 Å². The number of nitrogens with one attached hydrogen (secondary N) is 1. The van der Waals surface area contributed by atoms with Crippen molar-refractivity contribution in [2.75, 3.05) is 27.2 Å². The van der Waals surface area contributed by atoms with Crippen molar-refractivity contribution in [1.29, 1.82) is 0 Å². The fraction of sp³-hybridized carbons (Fsp3) is 0.900. The molecule has 0 aromatic heterocycles. The smallest absolute Gasteiger partial charge is 0.237 e. The van der Waals surface area contributed by atoms with Crippen LogP contribution in [0.3, 0.4) is 0 Å². The highest BCUT2D eigenvalue weighted by Crippen LogP contribution is 2.04. The zero-order valence-electron chi connectivity index (χ0n) is 9.71. The van der Waals surface area contributed by atoms with Gasteiger partial charge in [-0.3, -0.25) is 4.79 Å². The summed E-state index contributed by atoms with van der Waals surface area (Å²) in [6.07, 6.45) is 0.933. The number of amides is 1. The van der Waals surface area contributed by atoms with Gasteiger partial charge in [0.25, 0.3) is 0 Å². The molecular formula is C10H23N3O. The predicted molar refractivity (Wildman–Crippen MR) is 59.0 cm³/mol. The number of hydrogen-bond acceptors (Lipinski definition) is 3. The molecule has 0 bridgehead atoms. The van der Waals surface area contributed by atoms with Crippen molar-refractivity contribution in [2.24, 2.45) is 11.7 Å². The number of nitrogens with zero attached hydrogens (tertiary/aromatic N) is 1. The highest BCUT2D eigenvalue weighted by atomic mass is 16.2. The van der Waals surface area contributed by atoms with E-state index in [4.69, 9.17) is 5.73 Å². The number of carbonyl (C=O) groups excluding carboxylic acids is 1. The van der Waals surface area contributed by atoms with Gasteiger partial charge in [-0.2, -0.15) is 0 Å². The summed E-state index contributed by atoms with van der Waals surface area (Å²) in [4.78, 5) is 13.5. The molecule has 0 aliphatic rings.